The molecule has 0 radical (unpaired) electrons. The molecule has 1 fully saturated rings. The molecule has 0 bridgehead atoms. The zero-order valence-corrected chi connectivity index (χ0v) is 12.6. The Balaban J connectivity index is 2.15. The van der Waals surface area contributed by atoms with Crippen LogP contribution in [0.5, 0.6) is 5.75 Å². The van der Waals surface area contributed by atoms with Gasteiger partial charge in [0.05, 0.1) is 12.8 Å². The molecule has 0 atom stereocenters. The van der Waals surface area contributed by atoms with Crippen LogP contribution in [0.15, 0.2) is 18.2 Å². The molecule has 4 heteroatoms. The van der Waals surface area contributed by atoms with Crippen molar-refractivity contribution >= 4 is 11.6 Å². The van der Waals surface area contributed by atoms with Crippen LogP contribution in [-0.4, -0.2) is 31.0 Å². The maximum absolute atomic E-state index is 12.5. The highest BCUT2D eigenvalue weighted by Gasteiger charge is 2.37. The van der Waals surface area contributed by atoms with E-state index in [1.165, 1.54) is 0 Å². The Labute approximate surface area is 120 Å². The number of nitrogens with zero attached hydrogens (tertiary/aromatic N) is 1. The van der Waals surface area contributed by atoms with Crippen molar-refractivity contribution in [2.24, 2.45) is 5.41 Å². The summed E-state index contributed by atoms with van der Waals surface area (Å²) in [4.78, 5) is 14.5. The fraction of sp³-hybridized carbons (Fsp3) is 0.562. The zero-order valence-electron chi connectivity index (χ0n) is 12.6. The van der Waals surface area contributed by atoms with Gasteiger partial charge in [-0.25, -0.2) is 0 Å². The highest BCUT2D eigenvalue weighted by Crippen LogP contribution is 2.37. The third-order valence-electron chi connectivity index (χ3n) is 4.70. The van der Waals surface area contributed by atoms with Crippen LogP contribution in [0.2, 0.25) is 0 Å². The predicted molar refractivity (Wildman–Crippen MR) is 80.9 cm³/mol. The summed E-state index contributed by atoms with van der Waals surface area (Å²) in [5, 5.41) is 0. The highest BCUT2D eigenvalue weighted by molar-refractivity contribution is 5.95. The van der Waals surface area contributed by atoms with Crippen molar-refractivity contribution in [3.63, 3.8) is 0 Å². The third kappa shape index (κ3) is 2.60. The maximum Gasteiger partial charge on any atom is 0.253 e. The molecule has 20 heavy (non-hydrogen) atoms. The lowest BCUT2D eigenvalue weighted by Crippen LogP contribution is -2.31. The quantitative estimate of drug-likeness (QED) is 0.860. The van der Waals surface area contributed by atoms with Crippen molar-refractivity contribution in [3.05, 3.63) is 23.8 Å². The van der Waals surface area contributed by atoms with Crippen LogP contribution in [0.1, 0.15) is 43.5 Å². The van der Waals surface area contributed by atoms with Crippen molar-refractivity contribution in [1.82, 2.24) is 4.90 Å². The van der Waals surface area contributed by atoms with E-state index in [2.05, 4.69) is 13.8 Å². The Hall–Kier alpha value is -1.71. The summed E-state index contributed by atoms with van der Waals surface area (Å²) in [6.07, 6.45) is 3.34. The number of carbonyl (C=O) groups is 1. The summed E-state index contributed by atoms with van der Waals surface area (Å²) in [6.45, 7) is 6.11. The van der Waals surface area contributed by atoms with Gasteiger partial charge in [-0.05, 0) is 42.9 Å². The van der Waals surface area contributed by atoms with Crippen LogP contribution >= 0.6 is 0 Å². The van der Waals surface area contributed by atoms with Gasteiger partial charge in [-0.15, -0.1) is 0 Å². The number of nitrogens with two attached hydrogens (primary N) is 1. The standard InChI is InChI=1S/C16H24N2O2/c1-4-16(5-2)8-9-18(11-16)15(19)12-6-7-14(20-3)13(17)10-12/h6-7,10H,4-5,8-9,11,17H2,1-3H3. The van der Waals surface area contributed by atoms with E-state index in [4.69, 9.17) is 10.5 Å². The average molecular weight is 276 g/mol. The Kier molecular flexibility index (Phi) is 4.21. The molecule has 4 nitrogen and oxygen atoms in total. The SMILES string of the molecule is CCC1(CC)CCN(C(=O)c2ccc(OC)c(N)c2)C1. The molecule has 2 N–H and O–H groups in total. The number of hydrogen-bond acceptors (Lipinski definition) is 3. The summed E-state index contributed by atoms with van der Waals surface area (Å²) in [7, 11) is 1.57. The number of methoxy groups -OCH3 is 1. The number of hydrogen-bond donors (Lipinski definition) is 1. The molecule has 0 aromatic heterocycles. The minimum Gasteiger partial charge on any atom is -0.495 e. The van der Waals surface area contributed by atoms with Crippen molar-refractivity contribution in [3.8, 4) is 5.75 Å². The number of amides is 1. The molecule has 1 aromatic rings. The number of rotatable bonds is 4. The van der Waals surface area contributed by atoms with E-state index in [0.717, 1.165) is 32.4 Å². The number of anilines is 1. The molecule has 1 aliphatic heterocycles. The fourth-order valence-corrected chi connectivity index (χ4v) is 2.99. The molecule has 2 rings (SSSR count). The molecule has 1 heterocycles. The summed E-state index contributed by atoms with van der Waals surface area (Å²) >= 11 is 0. The van der Waals surface area contributed by atoms with E-state index < -0.39 is 0 Å². The third-order valence-corrected chi connectivity index (χ3v) is 4.70. The summed E-state index contributed by atoms with van der Waals surface area (Å²) in [5.41, 5.74) is 7.33. The topological polar surface area (TPSA) is 55.6 Å². The molecule has 0 spiro atoms. The van der Waals surface area contributed by atoms with Gasteiger partial charge in [0.1, 0.15) is 5.75 Å². The predicted octanol–water partition coefficient (Wildman–Crippen LogP) is 2.93. The number of benzene rings is 1. The lowest BCUT2D eigenvalue weighted by atomic mass is 9.82. The van der Waals surface area contributed by atoms with Crippen LogP contribution < -0.4 is 10.5 Å². The van der Waals surface area contributed by atoms with Gasteiger partial charge in [-0.2, -0.15) is 0 Å². The second-order valence-corrected chi connectivity index (χ2v) is 5.64. The molecule has 110 valence electrons. The molecule has 1 saturated heterocycles. The van der Waals surface area contributed by atoms with Crippen LogP contribution in [0, 0.1) is 5.41 Å². The van der Waals surface area contributed by atoms with E-state index in [1.807, 2.05) is 4.90 Å². The molecular weight excluding hydrogens is 252 g/mol. The second-order valence-electron chi connectivity index (χ2n) is 5.64. The molecular formula is C16H24N2O2. The number of nitrogen functional groups attached to an aromatic ring is 1. The van der Waals surface area contributed by atoms with Gasteiger partial charge < -0.3 is 15.4 Å². The van der Waals surface area contributed by atoms with Gasteiger partial charge in [-0.3, -0.25) is 4.79 Å². The van der Waals surface area contributed by atoms with Gasteiger partial charge in [0, 0.05) is 18.7 Å². The smallest absolute Gasteiger partial charge is 0.253 e. The minimum absolute atomic E-state index is 0.0723. The normalized spacial score (nSPS) is 17.2. The summed E-state index contributed by atoms with van der Waals surface area (Å²) in [6, 6.07) is 5.25. The van der Waals surface area contributed by atoms with Crippen molar-refractivity contribution in [2.75, 3.05) is 25.9 Å². The van der Waals surface area contributed by atoms with Gasteiger partial charge in [0.2, 0.25) is 0 Å². The summed E-state index contributed by atoms with van der Waals surface area (Å²) in [5.74, 6) is 0.683. The molecule has 1 amide bonds. The Morgan fingerprint density at radius 1 is 1.40 bits per heavy atom. The van der Waals surface area contributed by atoms with Crippen LogP contribution in [0.25, 0.3) is 0 Å². The van der Waals surface area contributed by atoms with E-state index >= 15 is 0 Å². The van der Waals surface area contributed by atoms with E-state index in [0.29, 0.717) is 22.4 Å². The lowest BCUT2D eigenvalue weighted by Gasteiger charge is -2.26. The number of likely N-dealkylation sites (tertiary alicyclic amines) is 1. The Bertz CT molecular complexity index is 495. The molecule has 0 aliphatic carbocycles. The summed E-state index contributed by atoms with van der Waals surface area (Å²) < 4.78 is 5.12. The van der Waals surface area contributed by atoms with Gasteiger partial charge >= 0.3 is 0 Å². The lowest BCUT2D eigenvalue weighted by molar-refractivity contribution is 0.0770. The van der Waals surface area contributed by atoms with E-state index in [-0.39, 0.29) is 5.91 Å². The molecule has 0 saturated carbocycles. The second kappa shape index (κ2) is 5.73. The van der Waals surface area contributed by atoms with E-state index in [9.17, 15) is 4.79 Å². The first-order chi connectivity index (χ1) is 9.55. The van der Waals surface area contributed by atoms with Gasteiger partial charge in [0.15, 0.2) is 0 Å². The average Bonchev–Trinajstić information content (AvgIpc) is 2.91. The first-order valence-electron chi connectivity index (χ1n) is 7.28. The minimum atomic E-state index is 0.0723. The first kappa shape index (κ1) is 14.7. The number of ether oxygens (including phenoxy) is 1. The van der Waals surface area contributed by atoms with Gasteiger partial charge in [0.25, 0.3) is 5.91 Å². The maximum atomic E-state index is 12.5. The van der Waals surface area contributed by atoms with Crippen molar-refractivity contribution in [2.45, 2.75) is 33.1 Å². The Morgan fingerprint density at radius 2 is 2.10 bits per heavy atom. The highest BCUT2D eigenvalue weighted by atomic mass is 16.5. The van der Waals surface area contributed by atoms with Crippen LogP contribution in [-0.2, 0) is 0 Å². The van der Waals surface area contributed by atoms with Crippen LogP contribution in [0.4, 0.5) is 5.69 Å². The largest absolute Gasteiger partial charge is 0.495 e. The monoisotopic (exact) mass is 276 g/mol. The van der Waals surface area contributed by atoms with E-state index in [1.54, 1.807) is 25.3 Å². The zero-order chi connectivity index (χ0) is 14.8. The van der Waals surface area contributed by atoms with Crippen LogP contribution in [0.3, 0.4) is 0 Å². The Morgan fingerprint density at radius 3 is 2.60 bits per heavy atom. The fourth-order valence-electron chi connectivity index (χ4n) is 2.99. The first-order valence-corrected chi connectivity index (χ1v) is 7.28. The van der Waals surface area contributed by atoms with Gasteiger partial charge in [-0.1, -0.05) is 13.8 Å². The number of carbonyl (C=O) groups excluding carboxylic acids is 1. The van der Waals surface area contributed by atoms with Crippen molar-refractivity contribution in [1.29, 1.82) is 0 Å². The molecule has 0 unspecified atom stereocenters. The molecule has 1 aromatic carbocycles. The molecule has 1 aliphatic rings. The van der Waals surface area contributed by atoms with Crippen molar-refractivity contribution < 1.29 is 9.53 Å².